The number of anilines is 1. The normalized spacial score (nSPS) is 10.6. The number of rotatable bonds is 5. The highest BCUT2D eigenvalue weighted by Crippen LogP contribution is 2.14. The number of carbonyl (C=O) groups excluding carboxylic acids is 1. The summed E-state index contributed by atoms with van der Waals surface area (Å²) in [5, 5.41) is 7.47. The zero-order chi connectivity index (χ0) is 16.9. The smallest absolute Gasteiger partial charge is 0.229 e. The maximum absolute atomic E-state index is 12.4. The van der Waals surface area contributed by atoms with Gasteiger partial charge < -0.3 is 5.32 Å². The van der Waals surface area contributed by atoms with E-state index in [9.17, 15) is 4.79 Å². The van der Waals surface area contributed by atoms with Crippen molar-refractivity contribution in [2.24, 2.45) is 0 Å². The Morgan fingerprint density at radius 2 is 1.75 bits per heavy atom. The van der Waals surface area contributed by atoms with Crippen molar-refractivity contribution >= 4 is 11.7 Å². The molecule has 0 spiro atoms. The second-order valence-electron chi connectivity index (χ2n) is 5.97. The highest BCUT2D eigenvalue weighted by molar-refractivity contribution is 5.91. The Balaban J connectivity index is 1.73. The van der Waals surface area contributed by atoms with Crippen LogP contribution in [0.5, 0.6) is 0 Å². The van der Waals surface area contributed by atoms with Gasteiger partial charge in [-0.05, 0) is 30.5 Å². The van der Waals surface area contributed by atoms with Crippen LogP contribution in [0.2, 0.25) is 0 Å². The molecule has 0 aliphatic carbocycles. The SMILES string of the molecule is Cc1cc(NC(=O)Cc2ccccc2C)n(Cc2ccccc2)n1. The first-order valence-electron chi connectivity index (χ1n) is 8.04. The maximum atomic E-state index is 12.4. The quantitative estimate of drug-likeness (QED) is 0.779. The van der Waals surface area contributed by atoms with Crippen LogP contribution in [-0.2, 0) is 17.8 Å². The first-order chi connectivity index (χ1) is 11.6. The lowest BCUT2D eigenvalue weighted by molar-refractivity contribution is -0.115. The summed E-state index contributed by atoms with van der Waals surface area (Å²) in [6, 6.07) is 19.9. The van der Waals surface area contributed by atoms with Crippen molar-refractivity contribution in [2.45, 2.75) is 26.8 Å². The zero-order valence-electron chi connectivity index (χ0n) is 14.0. The zero-order valence-corrected chi connectivity index (χ0v) is 14.0. The van der Waals surface area contributed by atoms with Crippen LogP contribution in [0.4, 0.5) is 5.82 Å². The second-order valence-corrected chi connectivity index (χ2v) is 5.97. The van der Waals surface area contributed by atoms with Gasteiger partial charge in [-0.25, -0.2) is 4.68 Å². The van der Waals surface area contributed by atoms with Crippen molar-refractivity contribution < 1.29 is 4.79 Å². The van der Waals surface area contributed by atoms with Gasteiger partial charge in [-0.3, -0.25) is 4.79 Å². The molecule has 0 aliphatic rings. The van der Waals surface area contributed by atoms with Gasteiger partial charge in [-0.2, -0.15) is 5.10 Å². The third-order valence-corrected chi connectivity index (χ3v) is 3.96. The van der Waals surface area contributed by atoms with Crippen LogP contribution in [-0.4, -0.2) is 15.7 Å². The number of nitrogens with one attached hydrogen (secondary N) is 1. The van der Waals surface area contributed by atoms with Gasteiger partial charge >= 0.3 is 0 Å². The van der Waals surface area contributed by atoms with Crippen LogP contribution < -0.4 is 5.32 Å². The van der Waals surface area contributed by atoms with Gasteiger partial charge in [0.1, 0.15) is 5.82 Å². The van der Waals surface area contributed by atoms with Crippen LogP contribution in [0.25, 0.3) is 0 Å². The van der Waals surface area contributed by atoms with Gasteiger partial charge in [0.05, 0.1) is 18.7 Å². The van der Waals surface area contributed by atoms with Crippen molar-refractivity contribution in [1.29, 1.82) is 0 Å². The van der Waals surface area contributed by atoms with Crippen LogP contribution in [0.15, 0.2) is 60.7 Å². The molecule has 0 saturated carbocycles. The molecule has 4 heteroatoms. The number of hydrogen-bond donors (Lipinski definition) is 1. The molecule has 0 bridgehead atoms. The highest BCUT2D eigenvalue weighted by atomic mass is 16.1. The largest absolute Gasteiger partial charge is 0.311 e. The molecule has 0 atom stereocenters. The number of hydrogen-bond acceptors (Lipinski definition) is 2. The van der Waals surface area contributed by atoms with Crippen LogP contribution in [0.3, 0.4) is 0 Å². The lowest BCUT2D eigenvalue weighted by Gasteiger charge is -2.10. The molecule has 4 nitrogen and oxygen atoms in total. The number of amides is 1. The Kier molecular flexibility index (Phi) is 4.75. The number of carbonyl (C=O) groups is 1. The number of benzene rings is 2. The topological polar surface area (TPSA) is 46.9 Å². The third kappa shape index (κ3) is 3.90. The highest BCUT2D eigenvalue weighted by Gasteiger charge is 2.11. The summed E-state index contributed by atoms with van der Waals surface area (Å²) in [7, 11) is 0. The van der Waals surface area contributed by atoms with Gasteiger partial charge in [-0.1, -0.05) is 54.6 Å². The molecule has 1 amide bonds. The molecule has 0 saturated heterocycles. The van der Waals surface area contributed by atoms with Gasteiger partial charge in [0.15, 0.2) is 0 Å². The van der Waals surface area contributed by atoms with Crippen LogP contribution in [0.1, 0.15) is 22.4 Å². The van der Waals surface area contributed by atoms with E-state index in [-0.39, 0.29) is 5.91 Å². The van der Waals surface area contributed by atoms with Crippen molar-refractivity contribution in [3.05, 3.63) is 83.0 Å². The lowest BCUT2D eigenvalue weighted by atomic mass is 10.1. The second kappa shape index (κ2) is 7.13. The van der Waals surface area contributed by atoms with Crippen LogP contribution in [0, 0.1) is 13.8 Å². The van der Waals surface area contributed by atoms with E-state index in [2.05, 4.69) is 22.5 Å². The number of nitrogens with zero attached hydrogens (tertiary/aromatic N) is 2. The molecule has 0 aliphatic heterocycles. The predicted molar refractivity (Wildman–Crippen MR) is 96.0 cm³/mol. The van der Waals surface area contributed by atoms with E-state index in [1.54, 1.807) is 0 Å². The maximum Gasteiger partial charge on any atom is 0.229 e. The van der Waals surface area contributed by atoms with E-state index in [1.165, 1.54) is 0 Å². The average Bonchev–Trinajstić information content (AvgIpc) is 2.90. The molecule has 0 radical (unpaired) electrons. The van der Waals surface area contributed by atoms with Crippen molar-refractivity contribution in [3.63, 3.8) is 0 Å². The van der Waals surface area contributed by atoms with E-state index in [0.29, 0.717) is 13.0 Å². The summed E-state index contributed by atoms with van der Waals surface area (Å²) >= 11 is 0. The minimum atomic E-state index is -0.0292. The Bertz CT molecular complexity index is 837. The summed E-state index contributed by atoms with van der Waals surface area (Å²) in [4.78, 5) is 12.4. The monoisotopic (exact) mass is 319 g/mol. The number of aryl methyl sites for hydroxylation is 2. The van der Waals surface area contributed by atoms with E-state index in [4.69, 9.17) is 0 Å². The van der Waals surface area contributed by atoms with Gasteiger partial charge in [0, 0.05) is 6.07 Å². The fourth-order valence-corrected chi connectivity index (χ4v) is 2.69. The molecule has 1 heterocycles. The van der Waals surface area contributed by atoms with E-state index in [1.807, 2.05) is 67.1 Å². The van der Waals surface area contributed by atoms with E-state index in [0.717, 1.165) is 28.2 Å². The molecule has 1 N–H and O–H groups in total. The molecule has 2 aromatic carbocycles. The Hall–Kier alpha value is -2.88. The van der Waals surface area contributed by atoms with E-state index >= 15 is 0 Å². The first-order valence-corrected chi connectivity index (χ1v) is 8.04. The molecule has 0 unspecified atom stereocenters. The molecule has 3 rings (SSSR count). The first kappa shape index (κ1) is 16.0. The molecule has 0 fully saturated rings. The molecule has 122 valence electrons. The molecular weight excluding hydrogens is 298 g/mol. The summed E-state index contributed by atoms with van der Waals surface area (Å²) in [6.07, 6.45) is 0.363. The minimum Gasteiger partial charge on any atom is -0.311 e. The third-order valence-electron chi connectivity index (χ3n) is 3.96. The summed E-state index contributed by atoms with van der Waals surface area (Å²) in [5.41, 5.74) is 4.20. The fraction of sp³-hybridized carbons (Fsp3) is 0.200. The minimum absolute atomic E-state index is 0.0292. The Morgan fingerprint density at radius 1 is 1.04 bits per heavy atom. The summed E-state index contributed by atoms with van der Waals surface area (Å²) in [5.74, 6) is 0.702. The van der Waals surface area contributed by atoms with Gasteiger partial charge in [0.2, 0.25) is 5.91 Å². The average molecular weight is 319 g/mol. The van der Waals surface area contributed by atoms with Gasteiger partial charge in [0.25, 0.3) is 0 Å². The van der Waals surface area contributed by atoms with Crippen LogP contribution >= 0.6 is 0 Å². The Labute approximate surface area is 142 Å². The summed E-state index contributed by atoms with van der Waals surface area (Å²) < 4.78 is 1.83. The van der Waals surface area contributed by atoms with Crippen molar-refractivity contribution in [1.82, 2.24) is 9.78 Å². The molecule has 1 aromatic heterocycles. The van der Waals surface area contributed by atoms with Crippen molar-refractivity contribution in [2.75, 3.05) is 5.32 Å². The van der Waals surface area contributed by atoms with E-state index < -0.39 is 0 Å². The van der Waals surface area contributed by atoms with Gasteiger partial charge in [-0.15, -0.1) is 0 Å². The molecule has 24 heavy (non-hydrogen) atoms. The predicted octanol–water partition coefficient (Wildman–Crippen LogP) is 3.73. The Morgan fingerprint density at radius 3 is 2.50 bits per heavy atom. The molecule has 3 aromatic rings. The molecular formula is C20H21N3O. The van der Waals surface area contributed by atoms with Crippen molar-refractivity contribution in [3.8, 4) is 0 Å². The summed E-state index contributed by atoms with van der Waals surface area (Å²) in [6.45, 7) is 4.58. The lowest BCUT2D eigenvalue weighted by Crippen LogP contribution is -2.18. The number of aromatic nitrogens is 2. The standard InChI is InChI=1S/C20H21N3O/c1-15-8-6-7-11-18(15)13-20(24)21-19-12-16(2)22-23(19)14-17-9-4-3-5-10-17/h3-12H,13-14H2,1-2H3,(H,21,24). The fourth-order valence-electron chi connectivity index (χ4n) is 2.69.